The van der Waals surface area contributed by atoms with Crippen LogP contribution in [0.3, 0.4) is 0 Å². The van der Waals surface area contributed by atoms with E-state index in [1.165, 1.54) is 46.5 Å². The largest absolute Gasteiger partial charge is 0.505 e. The maximum absolute atomic E-state index is 15.9. The lowest BCUT2D eigenvalue weighted by Crippen LogP contribution is -2.13. The first kappa shape index (κ1) is 56.7. The quantitative estimate of drug-likeness (QED) is 0.107. The normalized spacial score (nSPS) is 12.5. The molecule has 0 unspecified atom stereocenters. The number of hydrogen-bond donors (Lipinski definition) is 2. The van der Waals surface area contributed by atoms with Crippen LogP contribution in [0.5, 0.6) is 23.0 Å². The van der Waals surface area contributed by atoms with Gasteiger partial charge in [-0.25, -0.2) is 8.78 Å². The summed E-state index contributed by atoms with van der Waals surface area (Å²) in [5.74, 6) is 1.18. The Bertz CT molecular complexity index is 3690. The summed E-state index contributed by atoms with van der Waals surface area (Å²) in [6, 6.07) is 40.4. The molecule has 0 aliphatic rings. The van der Waals surface area contributed by atoms with Crippen molar-refractivity contribution in [3.8, 4) is 56.6 Å². The second-order valence-electron chi connectivity index (χ2n) is 25.9. The Kier molecular flexibility index (Phi) is 15.0. The highest BCUT2D eigenvalue weighted by Gasteiger charge is 2.29. The van der Waals surface area contributed by atoms with Gasteiger partial charge in [0.2, 0.25) is 0 Å². The topological polar surface area (TPSA) is 68.8 Å². The molecule has 10 aromatic rings. The number of aromatic hydroxyl groups is 2. The average molecular weight is 1090 g/mol. The highest BCUT2D eigenvalue weighted by atomic mass is 19.1. The van der Waals surface area contributed by atoms with Crippen LogP contribution >= 0.6 is 0 Å². The van der Waals surface area contributed by atoms with Crippen molar-refractivity contribution < 1.29 is 28.5 Å². The number of halogens is 2. The van der Waals surface area contributed by atoms with Crippen molar-refractivity contribution in [3.05, 3.63) is 177 Å². The molecule has 2 aromatic heterocycles. The molecule has 8 aromatic carbocycles. The molecule has 0 bridgehead atoms. The van der Waals surface area contributed by atoms with Crippen LogP contribution in [0.1, 0.15) is 172 Å². The molecule has 6 nitrogen and oxygen atoms in total. The average Bonchev–Trinajstić information content (AvgIpc) is 4.09. The fourth-order valence-corrected chi connectivity index (χ4v) is 11.6. The molecule has 420 valence electrons. The summed E-state index contributed by atoms with van der Waals surface area (Å²) in [4.78, 5) is 0. The fraction of sp³-hybridized carbons (Fsp3) is 0.342. The van der Waals surface area contributed by atoms with Crippen molar-refractivity contribution in [1.82, 2.24) is 9.13 Å². The predicted octanol–water partition coefficient (Wildman–Crippen LogP) is 20.5. The van der Waals surface area contributed by atoms with Crippen LogP contribution in [0.2, 0.25) is 0 Å². The van der Waals surface area contributed by atoms with Gasteiger partial charge >= 0.3 is 0 Å². The van der Waals surface area contributed by atoms with Gasteiger partial charge in [-0.1, -0.05) is 145 Å². The summed E-state index contributed by atoms with van der Waals surface area (Å²) in [6.07, 6.45) is 0.403. The van der Waals surface area contributed by atoms with Crippen LogP contribution < -0.4 is 9.47 Å². The van der Waals surface area contributed by atoms with Gasteiger partial charge < -0.3 is 28.8 Å². The molecule has 0 saturated heterocycles. The predicted molar refractivity (Wildman–Crippen MR) is 335 cm³/mol. The van der Waals surface area contributed by atoms with Crippen molar-refractivity contribution in [2.24, 2.45) is 0 Å². The minimum atomic E-state index is -0.444. The van der Waals surface area contributed by atoms with Crippen LogP contribution in [-0.2, 0) is 10.8 Å². The van der Waals surface area contributed by atoms with Gasteiger partial charge in [-0.2, -0.15) is 0 Å². The van der Waals surface area contributed by atoms with Crippen molar-refractivity contribution in [3.63, 3.8) is 0 Å². The molecule has 2 N–H and O–H groups in total. The van der Waals surface area contributed by atoms with Gasteiger partial charge in [-0.15, -0.1) is 0 Å². The number of fused-ring (bicyclic) bond motifs is 6. The Morgan fingerprint density at radius 1 is 0.407 bits per heavy atom. The third-order valence-corrected chi connectivity index (χ3v) is 16.5. The zero-order valence-electron chi connectivity index (χ0n) is 50.3. The van der Waals surface area contributed by atoms with Crippen molar-refractivity contribution in [1.29, 1.82) is 0 Å². The Morgan fingerprint density at radius 2 is 0.704 bits per heavy atom. The lowest BCUT2D eigenvalue weighted by molar-refractivity contribution is 0.246. The Balaban J connectivity index is 1.02. The number of hydrogen-bond acceptors (Lipinski definition) is 4. The van der Waals surface area contributed by atoms with Crippen LogP contribution in [-0.4, -0.2) is 32.6 Å². The number of ether oxygens (including phenoxy) is 2. The van der Waals surface area contributed by atoms with E-state index < -0.39 is 11.6 Å². The van der Waals surface area contributed by atoms with E-state index in [1.54, 1.807) is 0 Å². The molecule has 81 heavy (non-hydrogen) atoms. The number of phenolic OH excluding ortho intramolecular Hbond substituents is 2. The number of rotatable bonds is 14. The van der Waals surface area contributed by atoms with E-state index in [-0.39, 0.29) is 59.2 Å². The first-order valence-corrected chi connectivity index (χ1v) is 29.0. The summed E-state index contributed by atoms with van der Waals surface area (Å²) in [6.45, 7) is 34.4. The number of nitrogens with zero attached hydrogens (tertiary/aromatic N) is 2. The lowest BCUT2D eigenvalue weighted by Gasteiger charge is -2.25. The molecule has 0 atom stereocenters. The van der Waals surface area contributed by atoms with E-state index in [0.717, 1.165) is 54.7 Å². The van der Waals surface area contributed by atoms with Crippen molar-refractivity contribution in [2.45, 2.75) is 152 Å². The van der Waals surface area contributed by atoms with Gasteiger partial charge in [-0.3, -0.25) is 0 Å². The summed E-state index contributed by atoms with van der Waals surface area (Å²) in [7, 11) is 0. The Labute approximate surface area is 478 Å². The number of aromatic nitrogens is 2. The summed E-state index contributed by atoms with van der Waals surface area (Å²) >= 11 is 0. The second-order valence-corrected chi connectivity index (χ2v) is 25.9. The molecule has 0 saturated carbocycles. The highest BCUT2D eigenvalue weighted by molar-refractivity contribution is 6.11. The first-order valence-electron chi connectivity index (χ1n) is 29.0. The molecule has 8 heteroatoms. The molecule has 0 fully saturated rings. The SMILES string of the molecule is Cc1cc(F)cc(-c2cc(C(C)(C)C)cc(-n3c4cc(C(C)C)ccc4c4ccc(C(C)C)cc43)c2O)c1OCCCOc1c(C)cc(F)cc1-c1cc(C(C)(C)C)cc(-n2c3cc(C(C)C)ccc3c3ccc(C(C)C)cc32)c1O. The van der Waals surface area contributed by atoms with Gasteiger partial charge in [-0.05, 0) is 166 Å². The number of benzene rings is 8. The van der Waals surface area contributed by atoms with Crippen LogP contribution in [0.15, 0.2) is 121 Å². The zero-order valence-corrected chi connectivity index (χ0v) is 50.3. The minimum Gasteiger partial charge on any atom is -0.505 e. The molecule has 0 spiro atoms. The smallest absolute Gasteiger partial charge is 0.147 e. The molecule has 0 amide bonds. The standard InChI is InChI=1S/C73H80F2N2O4/c1-40(2)46-18-22-54-55-23-19-47(41(3)4)31-63(55)76(62(54)30-46)66-36-50(72(11,12)13)34-58(68(66)78)60-38-52(74)28-44(9)70(60)80-26-17-27-81-71-45(10)29-53(75)39-61(71)59-35-51(73(14,15)16)37-67(69(59)79)77-64-32-48(42(5)6)20-24-56(64)57-25-21-49(43(7)8)33-65(57)77/h18-25,28-43,78-79H,17,26-27H2,1-16H3. The van der Waals surface area contributed by atoms with E-state index in [9.17, 15) is 10.2 Å². The van der Waals surface area contributed by atoms with Gasteiger partial charge in [0.25, 0.3) is 0 Å². The van der Waals surface area contributed by atoms with Gasteiger partial charge in [0.05, 0.1) is 46.7 Å². The third-order valence-electron chi connectivity index (χ3n) is 16.5. The minimum absolute atomic E-state index is 0.0184. The number of aryl methyl sites for hydroxylation is 2. The van der Waals surface area contributed by atoms with E-state index in [2.05, 4.69) is 191 Å². The zero-order chi connectivity index (χ0) is 58.3. The first-order chi connectivity index (χ1) is 38.2. The summed E-state index contributed by atoms with van der Waals surface area (Å²) in [5.41, 5.74) is 14.1. The molecular formula is C73H80F2N2O4. The Morgan fingerprint density at radius 3 is 0.975 bits per heavy atom. The fourth-order valence-electron chi connectivity index (χ4n) is 11.6. The van der Waals surface area contributed by atoms with Crippen molar-refractivity contribution in [2.75, 3.05) is 13.2 Å². The van der Waals surface area contributed by atoms with Crippen LogP contribution in [0, 0.1) is 25.5 Å². The van der Waals surface area contributed by atoms with Crippen LogP contribution in [0.25, 0.3) is 77.2 Å². The summed E-state index contributed by atoms with van der Waals surface area (Å²) in [5, 5.41) is 30.0. The van der Waals surface area contributed by atoms with E-state index >= 15 is 8.78 Å². The van der Waals surface area contributed by atoms with Gasteiger partial charge in [0, 0.05) is 50.2 Å². The van der Waals surface area contributed by atoms with Crippen molar-refractivity contribution >= 4 is 43.6 Å². The highest BCUT2D eigenvalue weighted by Crippen LogP contribution is 2.49. The molecular weight excluding hydrogens is 1010 g/mol. The van der Waals surface area contributed by atoms with Crippen LogP contribution in [0.4, 0.5) is 8.78 Å². The monoisotopic (exact) mass is 1090 g/mol. The van der Waals surface area contributed by atoms with Gasteiger partial charge in [0.15, 0.2) is 0 Å². The molecule has 0 radical (unpaired) electrons. The van der Waals surface area contributed by atoms with E-state index in [4.69, 9.17) is 9.47 Å². The van der Waals surface area contributed by atoms with E-state index in [1.807, 2.05) is 26.0 Å². The molecule has 2 heterocycles. The molecule has 0 aliphatic heterocycles. The maximum Gasteiger partial charge on any atom is 0.147 e. The van der Waals surface area contributed by atoms with E-state index in [0.29, 0.717) is 62.7 Å². The molecule has 0 aliphatic carbocycles. The maximum atomic E-state index is 15.9. The number of phenols is 2. The Hall–Kier alpha value is -7.58. The second kappa shape index (κ2) is 21.4. The lowest BCUT2D eigenvalue weighted by atomic mass is 9.84. The van der Waals surface area contributed by atoms with Gasteiger partial charge in [0.1, 0.15) is 34.6 Å². The molecule has 10 rings (SSSR count). The summed E-state index contributed by atoms with van der Waals surface area (Å²) < 4.78 is 49.6. The third kappa shape index (κ3) is 10.6.